The number of fused-ring (bicyclic) bond motifs is 1. The molecular formula is C17H23N. The zero-order chi connectivity index (χ0) is 13.0. The van der Waals surface area contributed by atoms with E-state index in [4.69, 9.17) is 0 Å². The fourth-order valence-corrected chi connectivity index (χ4v) is 2.58. The van der Waals surface area contributed by atoms with Crippen molar-refractivity contribution in [1.82, 2.24) is 5.32 Å². The Morgan fingerprint density at radius 2 is 1.78 bits per heavy atom. The second-order valence-corrected chi connectivity index (χ2v) is 5.12. The van der Waals surface area contributed by atoms with Gasteiger partial charge in [-0.2, -0.15) is 0 Å². The summed E-state index contributed by atoms with van der Waals surface area (Å²) in [6.07, 6.45) is 2.32. The molecule has 2 unspecified atom stereocenters. The lowest BCUT2D eigenvalue weighted by molar-refractivity contribution is 0.387. The minimum Gasteiger partial charge on any atom is -0.316 e. The average molecular weight is 241 g/mol. The van der Waals surface area contributed by atoms with E-state index in [-0.39, 0.29) is 0 Å². The molecule has 0 heterocycles. The van der Waals surface area contributed by atoms with E-state index in [0.29, 0.717) is 12.0 Å². The fraction of sp³-hybridized carbons (Fsp3) is 0.412. The Balaban J connectivity index is 2.30. The van der Waals surface area contributed by atoms with Gasteiger partial charge in [-0.3, -0.25) is 0 Å². The van der Waals surface area contributed by atoms with Gasteiger partial charge in [0.25, 0.3) is 0 Å². The first-order valence-corrected chi connectivity index (χ1v) is 6.90. The molecule has 0 saturated heterocycles. The number of rotatable bonds is 5. The van der Waals surface area contributed by atoms with Crippen LogP contribution in [0.4, 0.5) is 0 Å². The summed E-state index contributed by atoms with van der Waals surface area (Å²) in [5.41, 5.74) is 1.45. The van der Waals surface area contributed by atoms with Gasteiger partial charge in [-0.15, -0.1) is 0 Å². The van der Waals surface area contributed by atoms with Crippen LogP contribution in [0.15, 0.2) is 42.5 Å². The Morgan fingerprint density at radius 3 is 2.50 bits per heavy atom. The van der Waals surface area contributed by atoms with Crippen molar-refractivity contribution in [2.75, 3.05) is 7.05 Å². The van der Waals surface area contributed by atoms with Crippen LogP contribution in [0.25, 0.3) is 10.8 Å². The van der Waals surface area contributed by atoms with Gasteiger partial charge in [0, 0.05) is 6.04 Å². The molecule has 18 heavy (non-hydrogen) atoms. The molecule has 0 aromatic heterocycles. The van der Waals surface area contributed by atoms with Gasteiger partial charge in [-0.25, -0.2) is 0 Å². The van der Waals surface area contributed by atoms with Crippen LogP contribution in [0.5, 0.6) is 0 Å². The maximum atomic E-state index is 3.47. The Labute approximate surface area is 110 Å². The average Bonchev–Trinajstić information content (AvgIpc) is 2.44. The van der Waals surface area contributed by atoms with Crippen molar-refractivity contribution in [2.45, 2.75) is 32.7 Å². The summed E-state index contributed by atoms with van der Waals surface area (Å²) in [4.78, 5) is 0. The summed E-state index contributed by atoms with van der Waals surface area (Å²) in [5.74, 6) is 0.703. The lowest BCUT2D eigenvalue weighted by Crippen LogP contribution is -2.33. The highest BCUT2D eigenvalue weighted by molar-refractivity contribution is 5.85. The number of hydrogen-bond donors (Lipinski definition) is 1. The second kappa shape index (κ2) is 6.01. The van der Waals surface area contributed by atoms with E-state index in [9.17, 15) is 0 Å². The maximum Gasteiger partial charge on any atom is 0.0130 e. The molecule has 1 nitrogen and oxygen atoms in total. The van der Waals surface area contributed by atoms with Crippen LogP contribution in [-0.2, 0) is 6.42 Å². The summed E-state index contributed by atoms with van der Waals surface area (Å²) >= 11 is 0. The summed E-state index contributed by atoms with van der Waals surface area (Å²) in [6, 6.07) is 15.8. The van der Waals surface area contributed by atoms with E-state index in [2.05, 4.69) is 68.7 Å². The highest BCUT2D eigenvalue weighted by atomic mass is 14.9. The molecule has 1 N–H and O–H groups in total. The number of nitrogens with one attached hydrogen (secondary N) is 1. The van der Waals surface area contributed by atoms with E-state index < -0.39 is 0 Å². The molecule has 0 aliphatic heterocycles. The lowest BCUT2D eigenvalue weighted by atomic mass is 9.91. The monoisotopic (exact) mass is 241 g/mol. The van der Waals surface area contributed by atoms with Gasteiger partial charge < -0.3 is 5.32 Å². The van der Waals surface area contributed by atoms with E-state index in [1.165, 1.54) is 22.8 Å². The molecule has 2 atom stereocenters. The number of hydrogen-bond acceptors (Lipinski definition) is 1. The Hall–Kier alpha value is -1.34. The van der Waals surface area contributed by atoms with E-state index in [1.54, 1.807) is 0 Å². The molecule has 0 aliphatic carbocycles. The quantitative estimate of drug-likeness (QED) is 0.833. The predicted octanol–water partition coefficient (Wildman–Crippen LogP) is 4.02. The first-order valence-electron chi connectivity index (χ1n) is 6.90. The molecule has 2 aromatic rings. The SMILES string of the molecule is CCC(C)C(Cc1cccc2ccccc12)NC. The summed E-state index contributed by atoms with van der Waals surface area (Å²) in [6.45, 7) is 4.59. The van der Waals surface area contributed by atoms with Crippen molar-refractivity contribution in [3.05, 3.63) is 48.0 Å². The smallest absolute Gasteiger partial charge is 0.0130 e. The molecule has 0 radical (unpaired) electrons. The van der Waals surface area contributed by atoms with Crippen LogP contribution >= 0.6 is 0 Å². The minimum atomic E-state index is 0.556. The topological polar surface area (TPSA) is 12.0 Å². The molecule has 0 aliphatic rings. The van der Waals surface area contributed by atoms with Crippen molar-refractivity contribution in [2.24, 2.45) is 5.92 Å². The van der Waals surface area contributed by atoms with Gasteiger partial charge in [0.1, 0.15) is 0 Å². The van der Waals surface area contributed by atoms with Gasteiger partial charge in [0.15, 0.2) is 0 Å². The van der Waals surface area contributed by atoms with Crippen molar-refractivity contribution >= 4 is 10.8 Å². The summed E-state index contributed by atoms with van der Waals surface area (Å²) in [7, 11) is 2.07. The van der Waals surface area contributed by atoms with Crippen molar-refractivity contribution in [1.29, 1.82) is 0 Å². The zero-order valence-electron chi connectivity index (χ0n) is 11.6. The molecule has 0 saturated carbocycles. The number of benzene rings is 2. The summed E-state index contributed by atoms with van der Waals surface area (Å²) in [5, 5.41) is 6.20. The predicted molar refractivity (Wildman–Crippen MR) is 80.0 cm³/mol. The Kier molecular flexibility index (Phi) is 4.38. The summed E-state index contributed by atoms with van der Waals surface area (Å²) < 4.78 is 0. The molecule has 0 spiro atoms. The first kappa shape index (κ1) is 13.1. The van der Waals surface area contributed by atoms with E-state index in [0.717, 1.165) is 6.42 Å². The van der Waals surface area contributed by atoms with Gasteiger partial charge in [-0.05, 0) is 35.7 Å². The van der Waals surface area contributed by atoms with Crippen molar-refractivity contribution < 1.29 is 0 Å². The number of likely N-dealkylation sites (N-methyl/N-ethyl adjacent to an activating group) is 1. The first-order chi connectivity index (χ1) is 8.76. The van der Waals surface area contributed by atoms with Crippen LogP contribution in [0.2, 0.25) is 0 Å². The van der Waals surface area contributed by atoms with Gasteiger partial charge in [0.05, 0.1) is 0 Å². The normalized spacial score (nSPS) is 14.6. The second-order valence-electron chi connectivity index (χ2n) is 5.12. The van der Waals surface area contributed by atoms with Gasteiger partial charge in [0.2, 0.25) is 0 Å². The molecule has 0 fully saturated rings. The van der Waals surface area contributed by atoms with Crippen LogP contribution in [0.3, 0.4) is 0 Å². The lowest BCUT2D eigenvalue weighted by Gasteiger charge is -2.23. The van der Waals surface area contributed by atoms with Crippen LogP contribution in [0, 0.1) is 5.92 Å². The molecular weight excluding hydrogens is 218 g/mol. The molecule has 0 amide bonds. The van der Waals surface area contributed by atoms with Crippen molar-refractivity contribution in [3.8, 4) is 0 Å². The van der Waals surface area contributed by atoms with Crippen LogP contribution < -0.4 is 5.32 Å². The highest BCUT2D eigenvalue weighted by Crippen LogP contribution is 2.22. The third kappa shape index (κ3) is 2.73. The van der Waals surface area contributed by atoms with E-state index in [1.807, 2.05) is 0 Å². The van der Waals surface area contributed by atoms with E-state index >= 15 is 0 Å². The molecule has 2 aromatic carbocycles. The minimum absolute atomic E-state index is 0.556. The Morgan fingerprint density at radius 1 is 1.06 bits per heavy atom. The van der Waals surface area contributed by atoms with Gasteiger partial charge in [-0.1, -0.05) is 62.7 Å². The highest BCUT2D eigenvalue weighted by Gasteiger charge is 2.15. The molecule has 2 rings (SSSR count). The maximum absolute atomic E-state index is 3.47. The largest absolute Gasteiger partial charge is 0.316 e. The molecule has 96 valence electrons. The Bertz CT molecular complexity index is 498. The fourth-order valence-electron chi connectivity index (χ4n) is 2.58. The third-order valence-electron chi connectivity index (χ3n) is 4.02. The molecule has 1 heteroatoms. The molecule has 0 bridgehead atoms. The van der Waals surface area contributed by atoms with Crippen LogP contribution in [-0.4, -0.2) is 13.1 Å². The van der Waals surface area contributed by atoms with Crippen molar-refractivity contribution in [3.63, 3.8) is 0 Å². The van der Waals surface area contributed by atoms with Gasteiger partial charge >= 0.3 is 0 Å². The van der Waals surface area contributed by atoms with Crippen LogP contribution in [0.1, 0.15) is 25.8 Å². The zero-order valence-corrected chi connectivity index (χ0v) is 11.6. The standard InChI is InChI=1S/C17H23N/c1-4-13(2)17(18-3)12-15-10-7-9-14-8-5-6-11-16(14)15/h5-11,13,17-18H,4,12H2,1-3H3. The third-order valence-corrected chi connectivity index (χ3v) is 4.02.